The number of carbonyl (C=O) groups excluding carboxylic acids is 3. The van der Waals surface area contributed by atoms with E-state index in [1.54, 1.807) is 17.0 Å². The molecule has 3 aromatic rings. The monoisotopic (exact) mass is 488 g/mol. The molecule has 0 radical (unpaired) electrons. The second-order valence-electron chi connectivity index (χ2n) is 9.64. The summed E-state index contributed by atoms with van der Waals surface area (Å²) in [4.78, 5) is 45.7. The predicted molar refractivity (Wildman–Crippen MR) is 130 cm³/mol. The zero-order valence-electron chi connectivity index (χ0n) is 20.0. The topological polar surface area (TPSA) is 93.4 Å². The summed E-state index contributed by atoms with van der Waals surface area (Å²) in [5, 5.41) is 0. The van der Waals surface area contributed by atoms with Gasteiger partial charge in [-0.15, -0.1) is 0 Å². The van der Waals surface area contributed by atoms with Gasteiger partial charge in [-0.1, -0.05) is 12.1 Å². The highest BCUT2D eigenvalue weighted by molar-refractivity contribution is 6.07. The Hall–Kier alpha value is -3.56. The molecule has 2 aromatic heterocycles. The molecule has 2 fully saturated rings. The van der Waals surface area contributed by atoms with Crippen molar-refractivity contribution >= 4 is 23.1 Å². The van der Waals surface area contributed by atoms with Gasteiger partial charge in [0.2, 0.25) is 0 Å². The van der Waals surface area contributed by atoms with E-state index < -0.39 is 6.04 Å². The quantitative estimate of drug-likeness (QED) is 0.492. The number of hydrogen-bond donors (Lipinski definition) is 0. The van der Waals surface area contributed by atoms with E-state index >= 15 is 0 Å². The average molecular weight is 489 g/mol. The third kappa shape index (κ3) is 4.29. The van der Waals surface area contributed by atoms with Crippen molar-refractivity contribution in [1.29, 1.82) is 0 Å². The van der Waals surface area contributed by atoms with Crippen molar-refractivity contribution in [3.8, 4) is 5.75 Å². The van der Waals surface area contributed by atoms with Crippen molar-refractivity contribution in [2.45, 2.75) is 45.0 Å². The normalized spacial score (nSPS) is 20.8. The van der Waals surface area contributed by atoms with Crippen LogP contribution in [0.5, 0.6) is 5.75 Å². The number of benzene rings is 1. The molecule has 1 saturated heterocycles. The maximum absolute atomic E-state index is 13.1. The SMILES string of the molecule is O=C1CCC(N2Cc3c(OCc4ccc5ncc(CN6CCOCC6)n5c4)cccc3C2=O)C(=O)C1. The first-order valence-corrected chi connectivity index (χ1v) is 12.4. The third-order valence-electron chi connectivity index (χ3n) is 7.30. The number of aromatic nitrogens is 2. The van der Waals surface area contributed by atoms with Crippen LogP contribution in [0.3, 0.4) is 0 Å². The van der Waals surface area contributed by atoms with Crippen molar-refractivity contribution in [2.75, 3.05) is 26.3 Å². The molecule has 2 aliphatic heterocycles. The van der Waals surface area contributed by atoms with E-state index in [0.29, 0.717) is 37.3 Å². The number of fused-ring (bicyclic) bond motifs is 2. The molecular formula is C27H28N4O5. The molecule has 186 valence electrons. The standard InChI is InChI=1S/C27H28N4O5/c32-20-5-6-23(24(33)12-20)31-16-22-21(27(31)34)2-1-3-25(22)36-17-18-4-7-26-28-13-19(30(26)14-18)15-29-8-10-35-11-9-29/h1-4,7,13-14,23H,5-6,8-12,15-17H2. The van der Waals surface area contributed by atoms with Crippen LogP contribution in [0, 0.1) is 0 Å². The number of imidazole rings is 1. The van der Waals surface area contributed by atoms with Gasteiger partial charge in [0.1, 0.15) is 23.8 Å². The van der Waals surface area contributed by atoms with Crippen molar-refractivity contribution in [1.82, 2.24) is 19.2 Å². The molecule has 9 heteroatoms. The van der Waals surface area contributed by atoms with Gasteiger partial charge in [0.25, 0.3) is 5.91 Å². The van der Waals surface area contributed by atoms with Crippen LogP contribution >= 0.6 is 0 Å². The first-order chi connectivity index (χ1) is 17.6. The minimum atomic E-state index is -0.538. The molecule has 4 heterocycles. The Balaban J connectivity index is 1.18. The Bertz CT molecular complexity index is 1340. The number of carbonyl (C=O) groups is 3. The van der Waals surface area contributed by atoms with E-state index in [9.17, 15) is 14.4 Å². The van der Waals surface area contributed by atoms with Crippen molar-refractivity contribution < 1.29 is 23.9 Å². The summed E-state index contributed by atoms with van der Waals surface area (Å²) in [5.74, 6) is 0.251. The minimum absolute atomic E-state index is 0.0487. The van der Waals surface area contributed by atoms with E-state index in [0.717, 1.165) is 55.3 Å². The highest BCUT2D eigenvalue weighted by atomic mass is 16.5. The molecule has 36 heavy (non-hydrogen) atoms. The fraction of sp³-hybridized carbons (Fsp3) is 0.407. The number of ketones is 2. The molecule has 1 amide bonds. The number of nitrogens with zero attached hydrogens (tertiary/aromatic N) is 4. The lowest BCUT2D eigenvalue weighted by atomic mass is 9.92. The molecule has 3 aliphatic rings. The Morgan fingerprint density at radius 1 is 1.08 bits per heavy atom. The van der Waals surface area contributed by atoms with E-state index in [1.807, 2.05) is 24.4 Å². The van der Waals surface area contributed by atoms with Crippen LogP contribution in [0.2, 0.25) is 0 Å². The van der Waals surface area contributed by atoms with Crippen LogP contribution in [-0.2, 0) is 34.0 Å². The molecule has 6 rings (SSSR count). The summed E-state index contributed by atoms with van der Waals surface area (Å²) in [6.07, 6.45) is 4.62. The fourth-order valence-electron chi connectivity index (χ4n) is 5.33. The number of morpholine rings is 1. The van der Waals surface area contributed by atoms with Gasteiger partial charge in [-0.25, -0.2) is 4.98 Å². The van der Waals surface area contributed by atoms with E-state index in [2.05, 4.69) is 20.5 Å². The first kappa shape index (κ1) is 22.9. The molecular weight excluding hydrogens is 460 g/mol. The maximum Gasteiger partial charge on any atom is 0.255 e. The third-order valence-corrected chi connectivity index (χ3v) is 7.30. The van der Waals surface area contributed by atoms with Crippen LogP contribution in [0.15, 0.2) is 42.7 Å². The van der Waals surface area contributed by atoms with Gasteiger partial charge in [-0.2, -0.15) is 0 Å². The van der Waals surface area contributed by atoms with Crippen molar-refractivity contribution in [3.63, 3.8) is 0 Å². The smallest absolute Gasteiger partial charge is 0.255 e. The minimum Gasteiger partial charge on any atom is -0.488 e. The number of hydrogen-bond acceptors (Lipinski definition) is 7. The van der Waals surface area contributed by atoms with Crippen molar-refractivity contribution in [3.05, 3.63) is 65.1 Å². The van der Waals surface area contributed by atoms with Crippen LogP contribution in [-0.4, -0.2) is 69.0 Å². The van der Waals surface area contributed by atoms with Gasteiger partial charge in [-0.05, 0) is 24.6 Å². The molecule has 0 spiro atoms. The summed E-state index contributed by atoms with van der Waals surface area (Å²) in [7, 11) is 0. The van der Waals surface area contributed by atoms with Crippen LogP contribution in [0.25, 0.3) is 5.65 Å². The van der Waals surface area contributed by atoms with Crippen LogP contribution in [0.4, 0.5) is 0 Å². The number of amides is 1. The summed E-state index contributed by atoms with van der Waals surface area (Å²) in [6, 6.07) is 8.89. The lowest BCUT2D eigenvalue weighted by Crippen LogP contribution is -2.44. The molecule has 0 N–H and O–H groups in total. The maximum atomic E-state index is 13.1. The number of rotatable bonds is 6. The molecule has 1 atom stereocenters. The highest BCUT2D eigenvalue weighted by Gasteiger charge is 2.40. The second kappa shape index (κ2) is 9.48. The molecule has 1 aliphatic carbocycles. The van der Waals surface area contributed by atoms with Gasteiger partial charge in [-0.3, -0.25) is 19.3 Å². The Kier molecular flexibility index (Phi) is 6.02. The van der Waals surface area contributed by atoms with Gasteiger partial charge in [0.15, 0.2) is 5.78 Å². The van der Waals surface area contributed by atoms with E-state index in [-0.39, 0.29) is 23.9 Å². The summed E-state index contributed by atoms with van der Waals surface area (Å²) < 4.78 is 13.8. The molecule has 1 saturated carbocycles. The van der Waals surface area contributed by atoms with E-state index in [4.69, 9.17) is 9.47 Å². The number of pyridine rings is 1. The van der Waals surface area contributed by atoms with Gasteiger partial charge < -0.3 is 18.8 Å². The second-order valence-corrected chi connectivity index (χ2v) is 9.64. The highest BCUT2D eigenvalue weighted by Crippen LogP contribution is 2.34. The number of Topliss-reactive ketones (excluding diaryl/α,β-unsaturated/α-hetero) is 2. The average Bonchev–Trinajstić information content (AvgIpc) is 3.44. The van der Waals surface area contributed by atoms with Gasteiger partial charge in [0.05, 0.1) is 44.1 Å². The summed E-state index contributed by atoms with van der Waals surface area (Å²) >= 11 is 0. The number of ether oxygens (including phenoxy) is 2. The first-order valence-electron chi connectivity index (χ1n) is 12.4. The Labute approximate surface area is 208 Å². The van der Waals surface area contributed by atoms with Crippen LogP contribution in [0.1, 0.15) is 46.4 Å². The lowest BCUT2D eigenvalue weighted by Gasteiger charge is -2.29. The Morgan fingerprint density at radius 3 is 2.78 bits per heavy atom. The largest absolute Gasteiger partial charge is 0.488 e. The fourth-order valence-corrected chi connectivity index (χ4v) is 5.33. The zero-order valence-corrected chi connectivity index (χ0v) is 20.0. The molecule has 1 aromatic carbocycles. The Morgan fingerprint density at radius 2 is 1.94 bits per heavy atom. The van der Waals surface area contributed by atoms with Gasteiger partial charge in [0, 0.05) is 48.9 Å². The van der Waals surface area contributed by atoms with Crippen molar-refractivity contribution in [2.24, 2.45) is 0 Å². The van der Waals surface area contributed by atoms with Crippen LogP contribution < -0.4 is 4.74 Å². The zero-order chi connectivity index (χ0) is 24.6. The summed E-state index contributed by atoms with van der Waals surface area (Å²) in [6.45, 7) is 4.80. The lowest BCUT2D eigenvalue weighted by molar-refractivity contribution is -0.133. The predicted octanol–water partition coefficient (Wildman–Crippen LogP) is 2.39. The van der Waals surface area contributed by atoms with E-state index in [1.165, 1.54) is 0 Å². The summed E-state index contributed by atoms with van der Waals surface area (Å²) in [5.41, 5.74) is 4.35. The molecule has 1 unspecified atom stereocenters. The van der Waals surface area contributed by atoms with Gasteiger partial charge >= 0.3 is 0 Å². The molecule has 9 nitrogen and oxygen atoms in total. The molecule has 0 bridgehead atoms.